The van der Waals surface area contributed by atoms with Crippen molar-refractivity contribution < 1.29 is 16.5 Å². The predicted octanol–water partition coefficient (Wildman–Crippen LogP) is 18.5. The zero-order valence-electron chi connectivity index (χ0n) is 40.1. The number of hydrogen-bond donors (Lipinski definition) is 0. The Morgan fingerprint density at radius 1 is 0.525 bits per heavy atom. The number of nitrogens with zero attached hydrogens (tertiary/aromatic N) is 1. The Bertz CT molecular complexity index is 1530. The predicted molar refractivity (Wildman–Crippen MR) is 264 cm³/mol. The van der Waals surface area contributed by atoms with Crippen LogP contribution in [0.1, 0.15) is 224 Å². The molecule has 0 saturated heterocycles. The minimum absolute atomic E-state index is 0. The molecule has 0 bridgehead atoms. The molecule has 0 unspecified atom stereocenters. The first kappa shape index (κ1) is 56.6. The molecule has 0 saturated carbocycles. The number of rotatable bonds is 29. The van der Waals surface area contributed by atoms with Gasteiger partial charge in [0.25, 0.3) is 0 Å². The van der Waals surface area contributed by atoms with Crippen molar-refractivity contribution in [3.8, 4) is 11.1 Å². The van der Waals surface area contributed by atoms with E-state index in [0.29, 0.717) is 0 Å². The minimum Gasteiger partial charge on any atom is -0.358 e. The van der Waals surface area contributed by atoms with Crippen molar-refractivity contribution in [1.29, 1.82) is 0 Å². The second-order valence-corrected chi connectivity index (χ2v) is 16.6. The van der Waals surface area contributed by atoms with Crippen LogP contribution < -0.4 is 0 Å². The summed E-state index contributed by atoms with van der Waals surface area (Å²) in [7, 11) is 0. The van der Waals surface area contributed by atoms with E-state index in [1.807, 2.05) is 0 Å². The van der Waals surface area contributed by atoms with E-state index in [-0.39, 0.29) is 23.9 Å². The molecule has 0 N–H and O–H groups in total. The number of allylic oxidation sites excluding steroid dienone is 1. The van der Waals surface area contributed by atoms with E-state index >= 15 is 0 Å². The van der Waals surface area contributed by atoms with Gasteiger partial charge in [-0.3, -0.25) is 0 Å². The van der Waals surface area contributed by atoms with Crippen LogP contribution in [0.3, 0.4) is 0 Å². The Morgan fingerprint density at radius 2 is 0.949 bits per heavy atom. The second-order valence-electron chi connectivity index (χ2n) is 16.6. The first-order chi connectivity index (χ1) is 27.9. The van der Waals surface area contributed by atoms with Gasteiger partial charge in [-0.1, -0.05) is 205 Å². The van der Waals surface area contributed by atoms with Crippen molar-refractivity contribution in [3.05, 3.63) is 114 Å². The number of hydrogen-bond acceptors (Lipinski definition) is 1. The first-order valence-electron chi connectivity index (χ1n) is 24.2. The molecule has 1 radical (unpaired) electrons. The molecule has 1 nitrogen and oxygen atoms in total. The van der Waals surface area contributed by atoms with E-state index in [2.05, 4.69) is 123 Å². The molecular formula is C57H90NNi. The van der Waals surface area contributed by atoms with Gasteiger partial charge in [-0.2, -0.15) is 6.42 Å². The Hall–Kier alpha value is -2.44. The second kappa shape index (κ2) is 36.2. The van der Waals surface area contributed by atoms with Crippen LogP contribution in [0.25, 0.3) is 11.1 Å². The van der Waals surface area contributed by atoms with Gasteiger partial charge >= 0.3 is 16.5 Å². The van der Waals surface area contributed by atoms with Crippen LogP contribution in [0.4, 0.5) is 5.69 Å². The molecule has 3 aromatic rings. The molecule has 0 aliphatic carbocycles. The topological polar surface area (TPSA) is 12.4 Å². The van der Waals surface area contributed by atoms with Gasteiger partial charge in [0.2, 0.25) is 0 Å². The fourth-order valence-electron chi connectivity index (χ4n) is 7.99. The van der Waals surface area contributed by atoms with Crippen LogP contribution in [-0.2, 0) is 48.6 Å². The molecule has 333 valence electrons. The number of benzene rings is 3. The number of aryl methyl sites for hydroxylation is 4. The van der Waals surface area contributed by atoms with Crippen molar-refractivity contribution in [2.75, 3.05) is 0 Å². The maximum atomic E-state index is 5.45. The van der Waals surface area contributed by atoms with Gasteiger partial charge in [0, 0.05) is 0 Å². The van der Waals surface area contributed by atoms with E-state index in [1.165, 1.54) is 175 Å². The van der Waals surface area contributed by atoms with Gasteiger partial charge in [0.1, 0.15) is 0 Å². The molecule has 59 heavy (non-hydrogen) atoms. The summed E-state index contributed by atoms with van der Waals surface area (Å²) in [4.78, 5) is 5.45. The van der Waals surface area contributed by atoms with E-state index in [1.54, 1.807) is 16.7 Å². The summed E-state index contributed by atoms with van der Waals surface area (Å²) in [5, 5.41) is 0. The SMILES string of the molecule is CCCCCCCCc1cc([C-]=C(C)C(CC)=Nc2cc(CCCC)c(-c3ccccc3)c(CCCCCC)c2)cc(CCCC)c1CCCCCC.[CH2-]CCC.[CH3-].[Ni+3]. The van der Waals surface area contributed by atoms with E-state index < -0.39 is 0 Å². The molecule has 0 spiro atoms. The van der Waals surface area contributed by atoms with Gasteiger partial charge in [-0.15, -0.1) is 29.3 Å². The summed E-state index contributed by atoms with van der Waals surface area (Å²) in [6.07, 6.45) is 36.3. The molecule has 0 aliphatic heterocycles. The van der Waals surface area contributed by atoms with Crippen LogP contribution in [0.15, 0.2) is 65.2 Å². The summed E-state index contributed by atoms with van der Waals surface area (Å²) in [5.41, 5.74) is 15.3. The third kappa shape index (κ3) is 22.3. The van der Waals surface area contributed by atoms with Crippen molar-refractivity contribution in [2.24, 2.45) is 4.99 Å². The van der Waals surface area contributed by atoms with E-state index in [9.17, 15) is 0 Å². The zero-order valence-corrected chi connectivity index (χ0v) is 41.0. The van der Waals surface area contributed by atoms with Gasteiger partial charge in [-0.05, 0) is 97.9 Å². The maximum Gasteiger partial charge on any atom is 3.00 e. The third-order valence-corrected chi connectivity index (χ3v) is 11.5. The Labute approximate surface area is 378 Å². The standard InChI is InChI=1S/C52H78N.C4H9.CH3.Ni/c1-8-14-19-22-23-26-34-46-39-43(38-45(30-17-11-4)50(46)36-29-21-16-10-3)37-42(7)51(13-6)53-49-40-47(31-18-12-5)52(44-32-27-24-28-33-44)48(41-49)35-25-20-15-9-2;1-3-4-2;;/h24,27-28,32-33,38-41H,8-23,25-26,29-31,34-36H2,1-7H3;1,3-4H2,2H3;1H3;/q3*-1;+3. The number of aliphatic imine (C=N–C) groups is 1. The van der Waals surface area contributed by atoms with E-state index in [4.69, 9.17) is 4.99 Å². The van der Waals surface area contributed by atoms with Crippen LogP contribution in [0.5, 0.6) is 0 Å². The average molecular weight is 848 g/mol. The van der Waals surface area contributed by atoms with Crippen LogP contribution in [0.2, 0.25) is 0 Å². The summed E-state index contributed by atoms with van der Waals surface area (Å²) >= 11 is 0. The fourth-order valence-corrected chi connectivity index (χ4v) is 7.99. The molecule has 0 aromatic heterocycles. The van der Waals surface area contributed by atoms with Crippen LogP contribution in [0, 0.1) is 20.4 Å². The molecule has 2 heteroatoms. The average Bonchev–Trinajstić information content (AvgIpc) is 3.23. The van der Waals surface area contributed by atoms with Gasteiger partial charge < -0.3 is 19.3 Å². The Kier molecular flexibility index (Phi) is 34.7. The van der Waals surface area contributed by atoms with Gasteiger partial charge in [0.15, 0.2) is 0 Å². The smallest absolute Gasteiger partial charge is 0.358 e. The van der Waals surface area contributed by atoms with Crippen molar-refractivity contribution in [1.82, 2.24) is 0 Å². The molecule has 0 atom stereocenters. The monoisotopic (exact) mass is 847 g/mol. The third-order valence-electron chi connectivity index (χ3n) is 11.5. The number of unbranched alkanes of at least 4 members (excludes halogenated alkanes) is 14. The quantitative estimate of drug-likeness (QED) is 0.0286. The van der Waals surface area contributed by atoms with E-state index in [0.717, 1.165) is 37.1 Å². The maximum absolute atomic E-state index is 5.45. The zero-order chi connectivity index (χ0) is 41.5. The molecule has 0 amide bonds. The Balaban J connectivity index is 0.00000535. The fraction of sp³-hybridized carbons (Fsp3) is 0.596. The summed E-state index contributed by atoms with van der Waals surface area (Å²) < 4.78 is 0. The van der Waals surface area contributed by atoms with Crippen LogP contribution >= 0.6 is 0 Å². The minimum atomic E-state index is 0. The molecular weight excluding hydrogens is 757 g/mol. The first-order valence-corrected chi connectivity index (χ1v) is 24.2. The normalized spacial score (nSPS) is 11.5. The summed E-state index contributed by atoms with van der Waals surface area (Å²) in [6, 6.07) is 21.0. The van der Waals surface area contributed by atoms with Gasteiger partial charge in [0.05, 0.1) is 5.69 Å². The Morgan fingerprint density at radius 3 is 1.44 bits per heavy atom. The van der Waals surface area contributed by atoms with Crippen molar-refractivity contribution in [3.63, 3.8) is 0 Å². The van der Waals surface area contributed by atoms with Crippen LogP contribution in [-0.4, -0.2) is 5.71 Å². The molecule has 0 heterocycles. The largest absolute Gasteiger partial charge is 3.00 e. The summed E-state index contributed by atoms with van der Waals surface area (Å²) in [5.74, 6) is 0. The van der Waals surface area contributed by atoms with Crippen molar-refractivity contribution in [2.45, 2.75) is 222 Å². The van der Waals surface area contributed by atoms with Gasteiger partial charge in [-0.25, -0.2) is 0 Å². The molecule has 3 rings (SSSR count). The molecule has 0 aliphatic rings. The van der Waals surface area contributed by atoms with Crippen molar-refractivity contribution >= 4 is 11.4 Å². The molecule has 3 aromatic carbocycles. The molecule has 0 fully saturated rings. The summed E-state index contributed by atoms with van der Waals surface area (Å²) in [6.45, 7) is 21.8.